The lowest BCUT2D eigenvalue weighted by molar-refractivity contribution is -0.380. The molecule has 0 saturated carbocycles. The maximum absolute atomic E-state index is 10.7. The molecule has 0 bridgehead atoms. The van der Waals surface area contributed by atoms with Gasteiger partial charge >= 0.3 is 5.00 Å². The third-order valence-corrected chi connectivity index (χ3v) is 4.10. The molecule has 1 aromatic carbocycles. The van der Waals surface area contributed by atoms with Gasteiger partial charge in [-0.05, 0) is 42.5 Å². The van der Waals surface area contributed by atoms with E-state index in [-0.39, 0.29) is 15.5 Å². The Balaban J connectivity index is 1.95. The van der Waals surface area contributed by atoms with Crippen molar-refractivity contribution >= 4 is 34.8 Å². The Labute approximate surface area is 138 Å². The molecule has 2 aromatic heterocycles. The lowest BCUT2D eigenvalue weighted by Gasteiger charge is -2.00. The van der Waals surface area contributed by atoms with Crippen LogP contribution in [0, 0.1) is 14.9 Å². The van der Waals surface area contributed by atoms with E-state index in [0.717, 1.165) is 11.3 Å². The highest BCUT2D eigenvalue weighted by Crippen LogP contribution is 2.23. The summed E-state index contributed by atoms with van der Waals surface area (Å²) in [5.41, 5.74) is 0.712. The number of nitrogens with zero attached hydrogens (tertiary/aromatic N) is 4. The number of benzene rings is 1. The van der Waals surface area contributed by atoms with E-state index in [4.69, 9.17) is 12.2 Å². The van der Waals surface area contributed by atoms with Gasteiger partial charge < -0.3 is 5.11 Å². The van der Waals surface area contributed by atoms with Gasteiger partial charge in [0.2, 0.25) is 4.77 Å². The van der Waals surface area contributed by atoms with Crippen molar-refractivity contribution in [3.8, 4) is 17.1 Å². The van der Waals surface area contributed by atoms with Crippen molar-refractivity contribution in [3.05, 3.63) is 56.2 Å². The minimum atomic E-state index is -0.451. The van der Waals surface area contributed by atoms with Crippen LogP contribution in [0.3, 0.4) is 0 Å². The summed E-state index contributed by atoms with van der Waals surface area (Å²) in [4.78, 5) is 10.9. The molecule has 2 N–H and O–H groups in total. The average Bonchev–Trinajstić information content (AvgIpc) is 3.13. The summed E-state index contributed by atoms with van der Waals surface area (Å²) in [5.74, 6) is 0.612. The van der Waals surface area contributed by atoms with Gasteiger partial charge in [-0.2, -0.15) is 14.9 Å². The molecule has 0 unspecified atom stereocenters. The van der Waals surface area contributed by atoms with E-state index in [9.17, 15) is 15.2 Å². The van der Waals surface area contributed by atoms with Gasteiger partial charge in [0.25, 0.3) is 0 Å². The highest BCUT2D eigenvalue weighted by atomic mass is 32.1. The van der Waals surface area contributed by atoms with E-state index >= 15 is 0 Å². The SMILES string of the molecule is O=[N+]([O-])c1ccc(C=Nn2c(-c3ccc(O)cc3)n[nH]c2=S)s1. The van der Waals surface area contributed by atoms with Crippen LogP contribution in [0.4, 0.5) is 5.00 Å². The number of nitrogens with one attached hydrogen (secondary N) is 1. The molecule has 8 nitrogen and oxygen atoms in total. The molecule has 23 heavy (non-hydrogen) atoms. The van der Waals surface area contributed by atoms with Crippen molar-refractivity contribution in [1.29, 1.82) is 0 Å². The number of aromatic hydroxyl groups is 1. The quantitative estimate of drug-likeness (QED) is 0.326. The number of aromatic nitrogens is 3. The van der Waals surface area contributed by atoms with E-state index < -0.39 is 4.92 Å². The number of phenols is 1. The standard InChI is InChI=1S/C13H9N5O3S2/c19-9-3-1-8(2-4-9)12-15-16-13(22)17(12)14-7-10-5-6-11(23-10)18(20)21/h1-7,19H,(H,16,22). The lowest BCUT2D eigenvalue weighted by Crippen LogP contribution is -1.94. The zero-order chi connectivity index (χ0) is 16.4. The fourth-order valence-electron chi connectivity index (χ4n) is 1.82. The van der Waals surface area contributed by atoms with E-state index in [0.29, 0.717) is 16.3 Å². The molecule has 0 aliphatic heterocycles. The number of nitro groups is 1. The zero-order valence-corrected chi connectivity index (χ0v) is 13.0. The molecule has 0 spiro atoms. The Morgan fingerprint density at radius 2 is 2.09 bits per heavy atom. The smallest absolute Gasteiger partial charge is 0.324 e. The van der Waals surface area contributed by atoms with Crippen LogP contribution in [0.15, 0.2) is 41.5 Å². The maximum atomic E-state index is 10.7. The number of hydrogen-bond donors (Lipinski definition) is 2. The summed E-state index contributed by atoms with van der Waals surface area (Å²) in [6.45, 7) is 0. The van der Waals surface area contributed by atoms with Gasteiger partial charge in [0.1, 0.15) is 5.75 Å². The number of thiophene rings is 1. The van der Waals surface area contributed by atoms with Crippen molar-refractivity contribution in [2.75, 3.05) is 0 Å². The van der Waals surface area contributed by atoms with Crippen molar-refractivity contribution in [3.63, 3.8) is 0 Å². The molecule has 0 atom stereocenters. The summed E-state index contributed by atoms with van der Waals surface area (Å²) in [7, 11) is 0. The predicted molar refractivity (Wildman–Crippen MR) is 88.5 cm³/mol. The largest absolute Gasteiger partial charge is 0.508 e. The van der Waals surface area contributed by atoms with Crippen molar-refractivity contribution < 1.29 is 10.0 Å². The highest BCUT2D eigenvalue weighted by molar-refractivity contribution is 7.71. The third kappa shape index (κ3) is 3.17. The Morgan fingerprint density at radius 1 is 1.35 bits per heavy atom. The van der Waals surface area contributed by atoms with Gasteiger partial charge in [0.05, 0.1) is 16.0 Å². The predicted octanol–water partition coefficient (Wildman–Crippen LogP) is 3.17. The molecule has 2 heterocycles. The Hall–Kier alpha value is -2.85. The second-order valence-corrected chi connectivity index (χ2v) is 5.87. The Morgan fingerprint density at radius 3 is 2.74 bits per heavy atom. The first kappa shape index (κ1) is 15.1. The molecule has 0 fully saturated rings. The normalized spacial score (nSPS) is 11.1. The highest BCUT2D eigenvalue weighted by Gasteiger charge is 2.10. The first-order valence-corrected chi connectivity index (χ1v) is 7.52. The van der Waals surface area contributed by atoms with Crippen LogP contribution in [-0.4, -0.2) is 31.1 Å². The first-order chi connectivity index (χ1) is 11.0. The summed E-state index contributed by atoms with van der Waals surface area (Å²) in [5, 5.41) is 31.0. The van der Waals surface area contributed by atoms with Crippen molar-refractivity contribution in [2.24, 2.45) is 5.10 Å². The van der Waals surface area contributed by atoms with Crippen LogP contribution in [0.1, 0.15) is 4.88 Å². The van der Waals surface area contributed by atoms with Gasteiger partial charge in [-0.3, -0.25) is 10.1 Å². The van der Waals surface area contributed by atoms with Crippen LogP contribution in [0.25, 0.3) is 11.4 Å². The monoisotopic (exact) mass is 347 g/mol. The second-order valence-electron chi connectivity index (χ2n) is 4.39. The van der Waals surface area contributed by atoms with E-state index in [2.05, 4.69) is 15.3 Å². The van der Waals surface area contributed by atoms with Gasteiger partial charge in [-0.1, -0.05) is 11.3 Å². The van der Waals surface area contributed by atoms with Crippen LogP contribution < -0.4 is 0 Å². The average molecular weight is 347 g/mol. The minimum absolute atomic E-state index is 0.0426. The lowest BCUT2D eigenvalue weighted by atomic mass is 10.2. The fourth-order valence-corrected chi connectivity index (χ4v) is 2.69. The van der Waals surface area contributed by atoms with Gasteiger partial charge in [-0.25, -0.2) is 5.10 Å². The number of H-pyrrole nitrogens is 1. The summed E-state index contributed by atoms with van der Waals surface area (Å²) < 4.78 is 1.70. The Kier molecular flexibility index (Phi) is 4.00. The summed E-state index contributed by atoms with van der Waals surface area (Å²) in [6.07, 6.45) is 1.48. The second kappa shape index (κ2) is 6.10. The maximum Gasteiger partial charge on any atom is 0.324 e. The first-order valence-electron chi connectivity index (χ1n) is 6.30. The molecule has 0 amide bonds. The third-order valence-electron chi connectivity index (χ3n) is 2.87. The molecule has 116 valence electrons. The number of phenolic OH excluding ortho intramolecular Hbond substituents is 1. The van der Waals surface area contributed by atoms with Gasteiger partial charge in [-0.15, -0.1) is 0 Å². The number of aromatic amines is 1. The van der Waals surface area contributed by atoms with Crippen LogP contribution in [-0.2, 0) is 0 Å². The molecule has 0 aliphatic carbocycles. The summed E-state index contributed by atoms with van der Waals surface area (Å²) >= 11 is 6.15. The molecular weight excluding hydrogens is 338 g/mol. The Bertz CT molecular complexity index is 939. The summed E-state index contributed by atoms with van der Waals surface area (Å²) in [6, 6.07) is 9.45. The zero-order valence-electron chi connectivity index (χ0n) is 11.4. The number of rotatable bonds is 4. The van der Waals surface area contributed by atoms with E-state index in [1.165, 1.54) is 29.1 Å². The number of hydrogen-bond acceptors (Lipinski definition) is 7. The van der Waals surface area contributed by atoms with Gasteiger partial charge in [0.15, 0.2) is 5.82 Å². The van der Waals surface area contributed by atoms with Crippen molar-refractivity contribution in [2.45, 2.75) is 0 Å². The molecule has 0 radical (unpaired) electrons. The van der Waals surface area contributed by atoms with E-state index in [1.54, 1.807) is 18.2 Å². The van der Waals surface area contributed by atoms with Gasteiger partial charge in [0, 0.05) is 11.6 Å². The van der Waals surface area contributed by atoms with Crippen LogP contribution in [0.2, 0.25) is 0 Å². The van der Waals surface area contributed by atoms with Crippen LogP contribution >= 0.6 is 23.6 Å². The fraction of sp³-hybridized carbons (Fsp3) is 0. The minimum Gasteiger partial charge on any atom is -0.508 e. The molecule has 3 aromatic rings. The molecule has 10 heteroatoms. The molecular formula is C13H9N5O3S2. The topological polar surface area (TPSA) is 109 Å². The van der Waals surface area contributed by atoms with E-state index in [1.807, 2.05) is 0 Å². The molecule has 3 rings (SSSR count). The molecule has 0 saturated heterocycles. The molecule has 0 aliphatic rings. The van der Waals surface area contributed by atoms with Crippen LogP contribution in [0.5, 0.6) is 5.75 Å². The van der Waals surface area contributed by atoms with Crippen molar-refractivity contribution in [1.82, 2.24) is 14.9 Å².